The van der Waals surface area contributed by atoms with E-state index in [0.717, 1.165) is 11.5 Å². The summed E-state index contributed by atoms with van der Waals surface area (Å²) in [6, 6.07) is 0. The van der Waals surface area contributed by atoms with E-state index in [1.54, 1.807) is 0 Å². The average molecular weight is 151 g/mol. The van der Waals surface area contributed by atoms with Gasteiger partial charge in [-0.2, -0.15) is 0 Å². The Balaban J connectivity index is 1.95. The lowest BCUT2D eigenvalue weighted by Crippen LogP contribution is -2.38. The first-order chi connectivity index (χ1) is 5.42. The van der Waals surface area contributed by atoms with Crippen molar-refractivity contribution in [1.29, 1.82) is 0 Å². The lowest BCUT2D eigenvalue weighted by Gasteiger charge is -2.31. The average Bonchev–Trinajstić information content (AvgIpc) is 2.72. The predicted molar refractivity (Wildman–Crippen MR) is 45.5 cm³/mol. The van der Waals surface area contributed by atoms with Crippen LogP contribution in [0.5, 0.6) is 0 Å². The molecule has 2 heterocycles. The minimum atomic E-state index is 0.750. The second kappa shape index (κ2) is 2.01. The summed E-state index contributed by atoms with van der Waals surface area (Å²) in [5.74, 6) is 1.10. The Kier molecular flexibility index (Phi) is 1.18. The van der Waals surface area contributed by atoms with Gasteiger partial charge in [0.1, 0.15) is 0 Å². The molecule has 0 radical (unpaired) electrons. The molecule has 1 nitrogen and oxygen atoms in total. The summed E-state index contributed by atoms with van der Waals surface area (Å²) in [5.41, 5.74) is 0.750. The van der Waals surface area contributed by atoms with Gasteiger partial charge in [0.2, 0.25) is 0 Å². The van der Waals surface area contributed by atoms with E-state index in [4.69, 9.17) is 0 Å². The third kappa shape index (κ3) is 0.658. The van der Waals surface area contributed by atoms with Crippen LogP contribution in [0.25, 0.3) is 0 Å². The normalized spacial score (nSPS) is 45.8. The van der Waals surface area contributed by atoms with Crippen LogP contribution in [-0.2, 0) is 0 Å². The molecule has 0 amide bonds. The molecule has 1 saturated carbocycles. The van der Waals surface area contributed by atoms with Gasteiger partial charge >= 0.3 is 0 Å². The summed E-state index contributed by atoms with van der Waals surface area (Å²) in [6.07, 6.45) is 9.09. The highest BCUT2D eigenvalue weighted by Crippen LogP contribution is 2.52. The third-order valence-corrected chi connectivity index (χ3v) is 4.35. The second-order valence-corrected chi connectivity index (χ2v) is 4.57. The molecule has 2 bridgehead atoms. The van der Waals surface area contributed by atoms with Crippen molar-refractivity contribution in [2.75, 3.05) is 13.1 Å². The number of hydrogen-bond donors (Lipinski definition) is 0. The Morgan fingerprint density at radius 1 is 1.00 bits per heavy atom. The van der Waals surface area contributed by atoms with Crippen LogP contribution in [0.4, 0.5) is 0 Å². The molecule has 3 fully saturated rings. The molecular formula is C10H17N. The number of nitrogens with zero attached hydrogens (tertiary/aromatic N) is 1. The lowest BCUT2D eigenvalue weighted by atomic mass is 9.85. The smallest absolute Gasteiger partial charge is 0.0238 e. The fourth-order valence-corrected chi connectivity index (χ4v) is 3.83. The molecule has 0 aromatic heterocycles. The first kappa shape index (κ1) is 6.47. The molecule has 0 aromatic rings. The predicted octanol–water partition coefficient (Wildman–Crippen LogP) is 2.02. The lowest BCUT2D eigenvalue weighted by molar-refractivity contribution is 0.176. The van der Waals surface area contributed by atoms with Crippen LogP contribution in [0.3, 0.4) is 0 Å². The van der Waals surface area contributed by atoms with Crippen LogP contribution >= 0.6 is 0 Å². The molecule has 11 heavy (non-hydrogen) atoms. The van der Waals surface area contributed by atoms with E-state index in [1.807, 2.05) is 0 Å². The Labute approximate surface area is 68.8 Å². The first-order valence-electron chi connectivity index (χ1n) is 5.17. The van der Waals surface area contributed by atoms with Crippen molar-refractivity contribution in [2.45, 2.75) is 44.1 Å². The van der Waals surface area contributed by atoms with Crippen molar-refractivity contribution in [3.8, 4) is 0 Å². The standard InChI is InChI=1S/C10H17N/c1-2-6-10(5-1)9-3-7-11(10)8-4-9/h9H,1-8H2. The monoisotopic (exact) mass is 151 g/mol. The highest BCUT2D eigenvalue weighted by Gasteiger charge is 2.53. The minimum Gasteiger partial charge on any atom is -0.297 e. The van der Waals surface area contributed by atoms with Gasteiger partial charge in [-0.25, -0.2) is 0 Å². The van der Waals surface area contributed by atoms with Crippen molar-refractivity contribution in [1.82, 2.24) is 4.90 Å². The number of piperidine rings is 1. The maximum atomic E-state index is 2.80. The summed E-state index contributed by atoms with van der Waals surface area (Å²) in [5, 5.41) is 0. The highest BCUT2D eigenvalue weighted by atomic mass is 15.3. The van der Waals surface area contributed by atoms with Crippen LogP contribution in [0.2, 0.25) is 0 Å². The summed E-state index contributed by atoms with van der Waals surface area (Å²) < 4.78 is 0. The zero-order chi connectivity index (χ0) is 7.31. The Hall–Kier alpha value is -0.0400. The molecule has 2 saturated heterocycles. The van der Waals surface area contributed by atoms with Gasteiger partial charge in [0.05, 0.1) is 0 Å². The molecule has 1 heteroatoms. The number of rotatable bonds is 0. The van der Waals surface area contributed by atoms with E-state index in [-0.39, 0.29) is 0 Å². The molecule has 1 aliphatic carbocycles. The topological polar surface area (TPSA) is 3.24 Å². The largest absolute Gasteiger partial charge is 0.297 e. The van der Waals surface area contributed by atoms with Gasteiger partial charge in [-0.1, -0.05) is 12.8 Å². The number of hydrogen-bond acceptors (Lipinski definition) is 1. The zero-order valence-electron chi connectivity index (χ0n) is 7.18. The first-order valence-corrected chi connectivity index (χ1v) is 5.17. The van der Waals surface area contributed by atoms with Crippen molar-refractivity contribution < 1.29 is 0 Å². The molecule has 62 valence electrons. The third-order valence-electron chi connectivity index (χ3n) is 4.35. The highest BCUT2D eigenvalue weighted by molar-refractivity contribution is 5.08. The van der Waals surface area contributed by atoms with Crippen LogP contribution in [0.1, 0.15) is 38.5 Å². The molecule has 0 N–H and O–H groups in total. The molecular weight excluding hydrogens is 134 g/mol. The van der Waals surface area contributed by atoms with E-state index >= 15 is 0 Å². The molecule has 0 atom stereocenters. The van der Waals surface area contributed by atoms with Crippen molar-refractivity contribution in [3.05, 3.63) is 0 Å². The van der Waals surface area contributed by atoms with Gasteiger partial charge < -0.3 is 0 Å². The maximum absolute atomic E-state index is 2.80. The molecule has 2 aliphatic heterocycles. The molecule has 0 aromatic carbocycles. The van der Waals surface area contributed by atoms with Gasteiger partial charge in [0.25, 0.3) is 0 Å². The van der Waals surface area contributed by atoms with Crippen LogP contribution in [-0.4, -0.2) is 23.5 Å². The fraction of sp³-hybridized carbons (Fsp3) is 1.00. The molecule has 0 unspecified atom stereocenters. The van der Waals surface area contributed by atoms with Gasteiger partial charge in [-0.3, -0.25) is 4.90 Å². The molecule has 3 rings (SSSR count). The van der Waals surface area contributed by atoms with Gasteiger partial charge in [0, 0.05) is 5.54 Å². The van der Waals surface area contributed by atoms with E-state index in [9.17, 15) is 0 Å². The minimum absolute atomic E-state index is 0.750. The Bertz CT molecular complexity index is 148. The van der Waals surface area contributed by atoms with Gasteiger partial charge in [-0.15, -0.1) is 0 Å². The van der Waals surface area contributed by atoms with Gasteiger partial charge in [-0.05, 0) is 44.7 Å². The van der Waals surface area contributed by atoms with Crippen LogP contribution in [0.15, 0.2) is 0 Å². The summed E-state index contributed by atoms with van der Waals surface area (Å²) >= 11 is 0. The van der Waals surface area contributed by atoms with E-state index < -0.39 is 0 Å². The summed E-state index contributed by atoms with van der Waals surface area (Å²) in [4.78, 5) is 2.80. The molecule has 3 aliphatic rings. The SMILES string of the molecule is C1CCC2(C1)C1CCN2CC1. The second-order valence-electron chi connectivity index (χ2n) is 4.57. The van der Waals surface area contributed by atoms with E-state index in [0.29, 0.717) is 0 Å². The Morgan fingerprint density at radius 3 is 2.09 bits per heavy atom. The van der Waals surface area contributed by atoms with Crippen molar-refractivity contribution in [3.63, 3.8) is 0 Å². The maximum Gasteiger partial charge on any atom is 0.0238 e. The Morgan fingerprint density at radius 2 is 1.64 bits per heavy atom. The zero-order valence-corrected chi connectivity index (χ0v) is 7.18. The van der Waals surface area contributed by atoms with E-state index in [2.05, 4.69) is 4.90 Å². The van der Waals surface area contributed by atoms with E-state index in [1.165, 1.54) is 51.6 Å². The summed E-state index contributed by atoms with van der Waals surface area (Å²) in [7, 11) is 0. The van der Waals surface area contributed by atoms with Gasteiger partial charge in [0.15, 0.2) is 0 Å². The quantitative estimate of drug-likeness (QED) is 0.512. The molecule has 1 spiro atoms. The van der Waals surface area contributed by atoms with Crippen LogP contribution < -0.4 is 0 Å². The summed E-state index contributed by atoms with van der Waals surface area (Å²) in [6.45, 7) is 2.84. The van der Waals surface area contributed by atoms with Crippen LogP contribution in [0, 0.1) is 5.92 Å². The fourth-order valence-electron chi connectivity index (χ4n) is 3.83. The van der Waals surface area contributed by atoms with Crippen molar-refractivity contribution in [2.24, 2.45) is 5.92 Å². The van der Waals surface area contributed by atoms with Crippen molar-refractivity contribution >= 4 is 0 Å².